The zero-order valence-electron chi connectivity index (χ0n) is 15.4. The molecule has 3 rings (SSSR count). The number of anilines is 1. The number of nitrogens with one attached hydrogen (secondary N) is 1. The lowest BCUT2D eigenvalue weighted by molar-refractivity contribution is 0.0730. The number of benzene rings is 2. The third-order valence-electron chi connectivity index (χ3n) is 4.39. The molecular formula is C19H21ClN2O5S. The lowest BCUT2D eigenvalue weighted by Gasteiger charge is -2.26. The number of morpholine rings is 1. The lowest BCUT2D eigenvalue weighted by Crippen LogP contribution is -2.40. The SMILES string of the molecule is COc1ccc(Cl)cc1NCC(=O)c1ccc(S(=O)(=O)N2CCOCC2)cc1. The molecule has 0 amide bonds. The van der Waals surface area contributed by atoms with E-state index >= 15 is 0 Å². The van der Waals surface area contributed by atoms with Crippen LogP contribution < -0.4 is 10.1 Å². The number of nitrogens with zero attached hydrogens (tertiary/aromatic N) is 1. The van der Waals surface area contributed by atoms with Crippen molar-refractivity contribution in [2.24, 2.45) is 0 Å². The molecule has 1 fully saturated rings. The molecule has 1 aliphatic heterocycles. The molecule has 150 valence electrons. The van der Waals surface area contributed by atoms with E-state index in [1.807, 2.05) is 0 Å². The molecule has 0 atom stereocenters. The Hall–Kier alpha value is -2.13. The zero-order valence-corrected chi connectivity index (χ0v) is 16.9. The molecule has 1 saturated heterocycles. The van der Waals surface area contributed by atoms with Crippen molar-refractivity contribution in [2.75, 3.05) is 45.3 Å². The first-order valence-corrected chi connectivity index (χ1v) is 10.5. The van der Waals surface area contributed by atoms with Gasteiger partial charge in [-0.15, -0.1) is 0 Å². The van der Waals surface area contributed by atoms with E-state index in [4.69, 9.17) is 21.1 Å². The predicted molar refractivity (Wildman–Crippen MR) is 107 cm³/mol. The van der Waals surface area contributed by atoms with E-state index in [0.717, 1.165) is 0 Å². The maximum absolute atomic E-state index is 12.6. The minimum absolute atomic E-state index is 0.0201. The molecule has 2 aromatic carbocycles. The van der Waals surface area contributed by atoms with Crippen LogP contribution in [0.1, 0.15) is 10.4 Å². The van der Waals surface area contributed by atoms with Crippen LogP contribution in [-0.2, 0) is 14.8 Å². The first-order chi connectivity index (χ1) is 13.4. The second kappa shape index (κ2) is 8.91. The molecule has 1 heterocycles. The van der Waals surface area contributed by atoms with Gasteiger partial charge in [0, 0.05) is 23.7 Å². The van der Waals surface area contributed by atoms with Gasteiger partial charge in [0.1, 0.15) is 5.75 Å². The van der Waals surface area contributed by atoms with Gasteiger partial charge in [0.25, 0.3) is 0 Å². The van der Waals surface area contributed by atoms with Gasteiger partial charge in [-0.3, -0.25) is 4.79 Å². The molecule has 1 N–H and O–H groups in total. The van der Waals surface area contributed by atoms with E-state index in [-0.39, 0.29) is 17.2 Å². The third kappa shape index (κ3) is 4.64. The van der Waals surface area contributed by atoms with Crippen molar-refractivity contribution >= 4 is 33.1 Å². The van der Waals surface area contributed by atoms with Gasteiger partial charge in [0.15, 0.2) is 5.78 Å². The van der Waals surface area contributed by atoms with E-state index in [0.29, 0.717) is 48.3 Å². The summed E-state index contributed by atoms with van der Waals surface area (Å²) in [6, 6.07) is 11.0. The average Bonchev–Trinajstić information content (AvgIpc) is 2.73. The zero-order chi connectivity index (χ0) is 20.1. The second-order valence-corrected chi connectivity index (χ2v) is 8.54. The lowest BCUT2D eigenvalue weighted by atomic mass is 10.1. The fourth-order valence-electron chi connectivity index (χ4n) is 2.84. The van der Waals surface area contributed by atoms with Crippen molar-refractivity contribution in [3.8, 4) is 5.75 Å². The van der Waals surface area contributed by atoms with Crippen LogP contribution in [-0.4, -0.2) is 58.5 Å². The van der Waals surface area contributed by atoms with Gasteiger partial charge >= 0.3 is 0 Å². The summed E-state index contributed by atoms with van der Waals surface area (Å²) in [7, 11) is -2.05. The molecule has 1 aliphatic rings. The molecule has 0 spiro atoms. The van der Waals surface area contributed by atoms with Gasteiger partial charge < -0.3 is 14.8 Å². The number of Topliss-reactive ketones (excluding diaryl/α,β-unsaturated/α-hetero) is 1. The number of rotatable bonds is 7. The topological polar surface area (TPSA) is 84.9 Å². The summed E-state index contributed by atoms with van der Waals surface area (Å²) in [5, 5.41) is 3.52. The molecule has 7 nitrogen and oxygen atoms in total. The highest BCUT2D eigenvalue weighted by Crippen LogP contribution is 2.27. The van der Waals surface area contributed by atoms with Gasteiger partial charge in [-0.25, -0.2) is 8.42 Å². The molecule has 0 radical (unpaired) electrons. The summed E-state index contributed by atoms with van der Waals surface area (Å²) in [6.07, 6.45) is 0. The number of carbonyl (C=O) groups is 1. The van der Waals surface area contributed by atoms with E-state index in [2.05, 4.69) is 5.32 Å². The number of ether oxygens (including phenoxy) is 2. The van der Waals surface area contributed by atoms with Gasteiger partial charge in [0.2, 0.25) is 10.0 Å². The summed E-state index contributed by atoms with van der Waals surface area (Å²) >= 11 is 5.98. The third-order valence-corrected chi connectivity index (χ3v) is 6.53. The van der Waals surface area contributed by atoms with E-state index < -0.39 is 10.0 Å². The first-order valence-electron chi connectivity index (χ1n) is 8.70. The van der Waals surface area contributed by atoms with Crippen LogP contribution in [0.3, 0.4) is 0 Å². The summed E-state index contributed by atoms with van der Waals surface area (Å²) < 4.78 is 37.1. The Labute approximate surface area is 169 Å². The van der Waals surface area contributed by atoms with Crippen molar-refractivity contribution in [3.63, 3.8) is 0 Å². The molecule has 0 aliphatic carbocycles. The second-order valence-electron chi connectivity index (χ2n) is 6.16. The maximum Gasteiger partial charge on any atom is 0.243 e. The molecule has 0 unspecified atom stereocenters. The number of methoxy groups -OCH3 is 1. The van der Waals surface area contributed by atoms with Gasteiger partial charge in [-0.05, 0) is 42.5 Å². The van der Waals surface area contributed by atoms with Gasteiger partial charge in [-0.1, -0.05) is 11.6 Å². The largest absolute Gasteiger partial charge is 0.495 e. The predicted octanol–water partition coefficient (Wildman–Crippen LogP) is 2.66. The molecular weight excluding hydrogens is 404 g/mol. The van der Waals surface area contributed by atoms with Crippen molar-refractivity contribution in [1.29, 1.82) is 0 Å². The molecule has 2 aromatic rings. The Morgan fingerprint density at radius 1 is 1.18 bits per heavy atom. The Kier molecular flexibility index (Phi) is 6.56. The van der Waals surface area contributed by atoms with Crippen LogP contribution in [0, 0.1) is 0 Å². The minimum atomic E-state index is -3.58. The highest BCUT2D eigenvalue weighted by Gasteiger charge is 2.26. The van der Waals surface area contributed by atoms with Gasteiger partial charge in [0.05, 0.1) is 37.5 Å². The van der Waals surface area contributed by atoms with Crippen LogP contribution in [0.5, 0.6) is 5.75 Å². The minimum Gasteiger partial charge on any atom is -0.495 e. The van der Waals surface area contributed by atoms with Crippen LogP contribution in [0.2, 0.25) is 5.02 Å². The Bertz CT molecular complexity index is 941. The number of halogens is 1. The van der Waals surface area contributed by atoms with Crippen LogP contribution in [0.25, 0.3) is 0 Å². The monoisotopic (exact) mass is 424 g/mol. The summed E-state index contributed by atoms with van der Waals surface area (Å²) in [6.45, 7) is 1.44. The number of hydrogen-bond donors (Lipinski definition) is 1. The summed E-state index contributed by atoms with van der Waals surface area (Å²) in [5.74, 6) is 0.390. The molecule has 9 heteroatoms. The van der Waals surface area contributed by atoms with Crippen LogP contribution in [0.4, 0.5) is 5.69 Å². The smallest absolute Gasteiger partial charge is 0.243 e. The van der Waals surface area contributed by atoms with Crippen LogP contribution >= 0.6 is 11.6 Å². The Balaban J connectivity index is 1.68. The fraction of sp³-hybridized carbons (Fsp3) is 0.316. The maximum atomic E-state index is 12.6. The average molecular weight is 425 g/mol. The van der Waals surface area contributed by atoms with E-state index in [1.165, 1.54) is 35.7 Å². The highest BCUT2D eigenvalue weighted by molar-refractivity contribution is 7.89. The van der Waals surface area contributed by atoms with Gasteiger partial charge in [-0.2, -0.15) is 4.31 Å². The number of carbonyl (C=O) groups excluding carboxylic acids is 1. The van der Waals surface area contributed by atoms with Crippen LogP contribution in [0.15, 0.2) is 47.4 Å². The molecule has 0 bridgehead atoms. The Morgan fingerprint density at radius 2 is 1.86 bits per heavy atom. The van der Waals surface area contributed by atoms with E-state index in [1.54, 1.807) is 18.2 Å². The summed E-state index contributed by atoms with van der Waals surface area (Å²) in [4.78, 5) is 12.6. The van der Waals surface area contributed by atoms with E-state index in [9.17, 15) is 13.2 Å². The first kappa shape index (κ1) is 20.6. The standard InChI is InChI=1S/C19H21ClN2O5S/c1-26-19-7-4-15(20)12-17(19)21-13-18(23)14-2-5-16(6-3-14)28(24,25)22-8-10-27-11-9-22/h2-7,12,21H,8-11,13H2,1H3. The molecule has 0 aromatic heterocycles. The van der Waals surface area contributed by atoms with Crippen molar-refractivity contribution in [2.45, 2.75) is 4.90 Å². The van der Waals surface area contributed by atoms with Crippen molar-refractivity contribution in [3.05, 3.63) is 53.1 Å². The summed E-state index contributed by atoms with van der Waals surface area (Å²) in [5.41, 5.74) is 1.02. The Morgan fingerprint density at radius 3 is 2.50 bits per heavy atom. The number of hydrogen-bond acceptors (Lipinski definition) is 6. The number of ketones is 1. The highest BCUT2D eigenvalue weighted by atomic mass is 35.5. The number of sulfonamides is 1. The molecule has 28 heavy (non-hydrogen) atoms. The van der Waals surface area contributed by atoms with Crippen molar-refractivity contribution < 1.29 is 22.7 Å². The normalized spacial score (nSPS) is 15.2. The quantitative estimate of drug-likeness (QED) is 0.688. The fourth-order valence-corrected chi connectivity index (χ4v) is 4.42. The molecule has 0 saturated carbocycles. The van der Waals surface area contributed by atoms with Crippen molar-refractivity contribution in [1.82, 2.24) is 4.31 Å².